The molecule has 3 amide bonds. The van der Waals surface area contributed by atoms with E-state index in [2.05, 4.69) is 5.32 Å². The summed E-state index contributed by atoms with van der Waals surface area (Å²) < 4.78 is 0. The van der Waals surface area contributed by atoms with Crippen molar-refractivity contribution >= 4 is 17.7 Å². The molecule has 3 fully saturated rings. The van der Waals surface area contributed by atoms with Gasteiger partial charge in [-0.15, -0.1) is 0 Å². The molecule has 0 spiro atoms. The Kier molecular flexibility index (Phi) is 6.13. The number of ketones is 1. The monoisotopic (exact) mass is 399 g/mol. The number of hydroxylamine groups is 2. The Morgan fingerprint density at radius 2 is 1.83 bits per heavy atom. The van der Waals surface area contributed by atoms with Crippen molar-refractivity contribution in [2.45, 2.75) is 63.6 Å². The molecule has 4 rings (SSSR count). The van der Waals surface area contributed by atoms with E-state index in [0.717, 1.165) is 18.4 Å². The van der Waals surface area contributed by atoms with Gasteiger partial charge in [0.15, 0.2) is 5.78 Å². The maximum absolute atomic E-state index is 12.8. The van der Waals surface area contributed by atoms with Crippen LogP contribution >= 0.6 is 0 Å². The van der Waals surface area contributed by atoms with E-state index in [9.17, 15) is 14.4 Å². The van der Waals surface area contributed by atoms with E-state index in [1.54, 1.807) is 4.90 Å². The maximum Gasteiger partial charge on any atom is 0.345 e. The van der Waals surface area contributed by atoms with Crippen LogP contribution in [0.25, 0.3) is 0 Å². The highest BCUT2D eigenvalue weighted by Crippen LogP contribution is 2.31. The first-order valence-corrected chi connectivity index (χ1v) is 10.7. The molecule has 1 aromatic rings. The molecule has 1 aliphatic carbocycles. The second-order valence-corrected chi connectivity index (χ2v) is 8.38. The Labute approximate surface area is 171 Å². The molecule has 3 aliphatic rings. The second-order valence-electron chi connectivity index (χ2n) is 8.38. The highest BCUT2D eigenvalue weighted by atomic mass is 16.7. The smallest absolute Gasteiger partial charge is 0.345 e. The first-order chi connectivity index (χ1) is 14.1. The average Bonchev–Trinajstić information content (AvgIpc) is 3.33. The van der Waals surface area contributed by atoms with E-state index in [-0.39, 0.29) is 30.3 Å². The van der Waals surface area contributed by atoms with E-state index in [1.165, 1.54) is 17.9 Å². The van der Waals surface area contributed by atoms with E-state index in [0.29, 0.717) is 38.3 Å². The Bertz CT molecular complexity index is 748. The Morgan fingerprint density at radius 3 is 2.59 bits per heavy atom. The normalized spacial score (nSPS) is 24.2. The van der Waals surface area contributed by atoms with Crippen molar-refractivity contribution in [1.29, 1.82) is 0 Å². The number of piperidine rings is 1. The number of nitrogens with one attached hydrogen (secondary N) is 1. The van der Waals surface area contributed by atoms with Crippen molar-refractivity contribution in [3.8, 4) is 0 Å². The van der Waals surface area contributed by atoms with Crippen molar-refractivity contribution in [2.24, 2.45) is 5.92 Å². The van der Waals surface area contributed by atoms with Gasteiger partial charge in [0, 0.05) is 13.0 Å². The van der Waals surface area contributed by atoms with Gasteiger partial charge >= 0.3 is 6.03 Å². The molecule has 7 nitrogen and oxygen atoms in total. The number of benzene rings is 1. The second kappa shape index (κ2) is 8.95. The van der Waals surface area contributed by atoms with Crippen LogP contribution in [-0.4, -0.2) is 52.9 Å². The summed E-state index contributed by atoms with van der Waals surface area (Å²) in [4.78, 5) is 44.9. The number of rotatable bonds is 8. The topological polar surface area (TPSA) is 79.0 Å². The predicted molar refractivity (Wildman–Crippen MR) is 107 cm³/mol. The maximum atomic E-state index is 12.8. The summed E-state index contributed by atoms with van der Waals surface area (Å²) in [6.45, 7) is 0.872. The first-order valence-electron chi connectivity index (χ1n) is 10.7. The molecule has 2 heterocycles. The molecule has 1 saturated carbocycles. The summed E-state index contributed by atoms with van der Waals surface area (Å²) in [5, 5.41) is 4.18. The third kappa shape index (κ3) is 4.61. The molecule has 0 unspecified atom stereocenters. The number of hydrogen-bond acceptors (Lipinski definition) is 4. The van der Waals surface area contributed by atoms with Crippen LogP contribution in [-0.2, 0) is 21.0 Å². The lowest BCUT2D eigenvalue weighted by molar-refractivity contribution is -0.140. The number of fused-ring (bicyclic) bond motifs is 2. The molecule has 2 bridgehead atoms. The minimum atomic E-state index is -0.525. The SMILES string of the molecule is O=C(CNC(=O)[C@@H]1CC[C@@H]2CN1C(=O)N2OCc1ccccc1)CC1CCCC1. The number of amides is 3. The molecule has 1 N–H and O–H groups in total. The van der Waals surface area contributed by atoms with Gasteiger partial charge in [-0.05, 0) is 24.3 Å². The Morgan fingerprint density at radius 1 is 1.07 bits per heavy atom. The van der Waals surface area contributed by atoms with Crippen molar-refractivity contribution < 1.29 is 19.2 Å². The van der Waals surface area contributed by atoms with Crippen molar-refractivity contribution in [1.82, 2.24) is 15.3 Å². The Hall–Kier alpha value is -2.41. The zero-order valence-corrected chi connectivity index (χ0v) is 16.7. The highest BCUT2D eigenvalue weighted by Gasteiger charge is 2.47. The minimum absolute atomic E-state index is 0.0285. The van der Waals surface area contributed by atoms with Crippen LogP contribution in [0.3, 0.4) is 0 Å². The molecule has 7 heteroatoms. The lowest BCUT2D eigenvalue weighted by atomic mass is 9.99. The summed E-state index contributed by atoms with van der Waals surface area (Å²) in [5.74, 6) is 0.325. The molecule has 0 aromatic heterocycles. The highest BCUT2D eigenvalue weighted by molar-refractivity contribution is 5.91. The minimum Gasteiger partial charge on any atom is -0.347 e. The van der Waals surface area contributed by atoms with Crippen LogP contribution in [0.5, 0.6) is 0 Å². The van der Waals surface area contributed by atoms with Gasteiger partial charge in [0.1, 0.15) is 12.6 Å². The van der Waals surface area contributed by atoms with Gasteiger partial charge in [0.2, 0.25) is 5.91 Å². The molecule has 2 atom stereocenters. The number of Topliss-reactive ketones (excluding diaryl/α,β-unsaturated/α-hetero) is 1. The number of carbonyl (C=O) groups is 3. The molecule has 1 aromatic carbocycles. The summed E-state index contributed by atoms with van der Waals surface area (Å²) in [7, 11) is 0. The number of nitrogens with zero attached hydrogens (tertiary/aromatic N) is 2. The van der Waals surface area contributed by atoms with Crippen LogP contribution in [0.4, 0.5) is 4.79 Å². The average molecular weight is 399 g/mol. The largest absolute Gasteiger partial charge is 0.347 e. The van der Waals surface area contributed by atoms with Gasteiger partial charge in [-0.2, -0.15) is 5.06 Å². The molecular formula is C22H29N3O4. The van der Waals surface area contributed by atoms with Crippen LogP contribution in [0.15, 0.2) is 30.3 Å². The lowest BCUT2D eigenvalue weighted by Gasteiger charge is -2.29. The van der Waals surface area contributed by atoms with Gasteiger partial charge in [-0.3, -0.25) is 14.4 Å². The summed E-state index contributed by atoms with van der Waals surface area (Å²) in [6.07, 6.45) is 6.49. The third-order valence-electron chi connectivity index (χ3n) is 6.29. The number of hydrogen-bond donors (Lipinski definition) is 1. The van der Waals surface area contributed by atoms with Crippen LogP contribution in [0.1, 0.15) is 50.5 Å². The van der Waals surface area contributed by atoms with E-state index < -0.39 is 6.04 Å². The fraction of sp³-hybridized carbons (Fsp3) is 0.591. The van der Waals surface area contributed by atoms with E-state index in [4.69, 9.17) is 4.84 Å². The van der Waals surface area contributed by atoms with Crippen molar-refractivity contribution in [2.75, 3.05) is 13.1 Å². The fourth-order valence-corrected chi connectivity index (χ4v) is 4.70. The molecule has 29 heavy (non-hydrogen) atoms. The van der Waals surface area contributed by atoms with Gasteiger partial charge in [0.05, 0.1) is 12.6 Å². The molecule has 2 saturated heterocycles. The molecule has 2 aliphatic heterocycles. The lowest BCUT2D eigenvalue weighted by Crippen LogP contribution is -2.50. The summed E-state index contributed by atoms with van der Waals surface area (Å²) >= 11 is 0. The first kappa shape index (κ1) is 19.9. The predicted octanol–water partition coefficient (Wildman–Crippen LogP) is 2.65. The van der Waals surface area contributed by atoms with Crippen molar-refractivity contribution in [3.63, 3.8) is 0 Å². The fourth-order valence-electron chi connectivity index (χ4n) is 4.70. The van der Waals surface area contributed by atoms with Crippen LogP contribution < -0.4 is 5.32 Å². The van der Waals surface area contributed by atoms with E-state index in [1.807, 2.05) is 30.3 Å². The Balaban J connectivity index is 1.27. The van der Waals surface area contributed by atoms with Gasteiger partial charge < -0.3 is 10.2 Å². The number of carbonyl (C=O) groups excluding carboxylic acids is 3. The molecular weight excluding hydrogens is 370 g/mol. The van der Waals surface area contributed by atoms with Gasteiger partial charge in [-0.25, -0.2) is 4.79 Å². The zero-order chi connectivity index (χ0) is 20.2. The zero-order valence-electron chi connectivity index (χ0n) is 16.7. The van der Waals surface area contributed by atoms with Crippen molar-refractivity contribution in [3.05, 3.63) is 35.9 Å². The van der Waals surface area contributed by atoms with Gasteiger partial charge in [-0.1, -0.05) is 56.0 Å². The molecule has 156 valence electrons. The van der Waals surface area contributed by atoms with Crippen LogP contribution in [0.2, 0.25) is 0 Å². The third-order valence-corrected chi connectivity index (χ3v) is 6.29. The number of urea groups is 1. The standard InChI is InChI=1S/C22H29N3O4/c26-19(12-16-6-4-5-7-16)13-23-21(27)20-11-10-18-14-24(20)22(28)25(18)29-15-17-8-2-1-3-9-17/h1-3,8-9,16,18,20H,4-7,10-15H2,(H,23,27)/t18-,20+/m1/s1. The summed E-state index contributed by atoms with van der Waals surface area (Å²) in [6, 6.07) is 8.88. The molecule has 0 radical (unpaired) electrons. The van der Waals surface area contributed by atoms with E-state index >= 15 is 0 Å². The van der Waals surface area contributed by atoms with Crippen LogP contribution in [0, 0.1) is 5.92 Å². The van der Waals surface area contributed by atoms with Gasteiger partial charge in [0.25, 0.3) is 0 Å². The summed E-state index contributed by atoms with van der Waals surface area (Å²) in [5.41, 5.74) is 0.992. The quantitative estimate of drug-likeness (QED) is 0.729.